The van der Waals surface area contributed by atoms with Crippen molar-refractivity contribution in [3.05, 3.63) is 72.8 Å². The Kier molecular flexibility index (Phi) is 46.3. The molecule has 14 rings (SSSR count). The minimum Gasteiger partial charge on any atom is -0.507 e. The lowest BCUT2D eigenvalue weighted by Crippen LogP contribution is -2.49. The second-order valence-electron chi connectivity index (χ2n) is 44.7. The molecule has 800 valence electrons. The first-order chi connectivity index (χ1) is 64.7. The van der Waals surface area contributed by atoms with Crippen LogP contribution in [0.15, 0.2) is 72.8 Å². The van der Waals surface area contributed by atoms with E-state index in [1.165, 1.54) is 25.7 Å². The van der Waals surface area contributed by atoms with E-state index in [2.05, 4.69) is 34.6 Å². The fraction of sp³-hybridized carbons (Fsp3) is 0.748. The first-order valence-electron chi connectivity index (χ1n) is 51.8. The van der Waals surface area contributed by atoms with Crippen molar-refractivity contribution in [2.45, 2.75) is 456 Å². The average Bonchev–Trinajstić information content (AvgIpc) is 1.54. The third-order valence-electron chi connectivity index (χ3n) is 31.9. The molecule has 26 heteroatoms. The summed E-state index contributed by atoms with van der Waals surface area (Å²) in [6.45, 7) is 58.3. The second kappa shape index (κ2) is 52.9. The highest BCUT2D eigenvalue weighted by atomic mass is 16.7. The molecule has 141 heavy (non-hydrogen) atoms. The van der Waals surface area contributed by atoms with Gasteiger partial charge in [-0.05, 0) is 327 Å². The fourth-order valence-electron chi connectivity index (χ4n) is 19.3. The molecular formula is C115H184O26. The molecule has 0 spiro atoms. The lowest BCUT2D eigenvalue weighted by Gasteiger charge is -2.46. The van der Waals surface area contributed by atoms with Crippen molar-refractivity contribution >= 4 is 75.3 Å². The Balaban J connectivity index is 0.000000291. The van der Waals surface area contributed by atoms with Crippen molar-refractivity contribution in [2.75, 3.05) is 19.8 Å². The van der Waals surface area contributed by atoms with Crippen molar-refractivity contribution in [2.24, 2.45) is 79.3 Å². The molecule has 0 aromatic heterocycles. The van der Waals surface area contributed by atoms with Crippen molar-refractivity contribution in [3.8, 4) is 23.0 Å². The number of phenols is 2. The summed E-state index contributed by atoms with van der Waals surface area (Å²) >= 11 is 0. The van der Waals surface area contributed by atoms with Crippen LogP contribution in [0.5, 0.6) is 23.0 Å². The predicted octanol–water partition coefficient (Wildman–Crippen LogP) is 25.4. The van der Waals surface area contributed by atoms with Crippen LogP contribution in [0.25, 0.3) is 21.5 Å². The molecule has 4 heterocycles. The van der Waals surface area contributed by atoms with Crippen LogP contribution in [0.1, 0.15) is 371 Å². The first kappa shape index (κ1) is 123. The quantitative estimate of drug-likeness (QED) is 0.0147. The van der Waals surface area contributed by atoms with E-state index in [-0.39, 0.29) is 159 Å². The molecule has 0 amide bonds. The first-order valence-corrected chi connectivity index (χ1v) is 51.8. The smallest absolute Gasteiger partial charge is 0.347 e. The van der Waals surface area contributed by atoms with Gasteiger partial charge in [0.15, 0.2) is 24.8 Å². The molecule has 6 saturated carbocycles. The molecule has 10 fully saturated rings. The van der Waals surface area contributed by atoms with Crippen LogP contribution < -0.4 is 9.47 Å². The molecule has 6 bridgehead atoms. The van der Waals surface area contributed by atoms with E-state index in [1.807, 2.05) is 177 Å². The molecule has 18 unspecified atom stereocenters. The van der Waals surface area contributed by atoms with E-state index in [1.54, 1.807) is 62.4 Å². The highest BCUT2D eigenvalue weighted by Crippen LogP contribution is 2.71. The summed E-state index contributed by atoms with van der Waals surface area (Å²) in [6, 6.07) is 21.0. The number of hydrogen-bond acceptors (Lipinski definition) is 26. The summed E-state index contributed by atoms with van der Waals surface area (Å²) in [6.07, 6.45) is 18.7. The van der Waals surface area contributed by atoms with E-state index in [0.717, 1.165) is 117 Å². The van der Waals surface area contributed by atoms with Crippen molar-refractivity contribution in [3.63, 3.8) is 0 Å². The summed E-state index contributed by atoms with van der Waals surface area (Å²) in [5.41, 5.74) is -3.40. The Morgan fingerprint density at radius 2 is 0.844 bits per heavy atom. The lowest BCUT2D eigenvalue weighted by atomic mass is 9.65. The predicted molar refractivity (Wildman–Crippen MR) is 550 cm³/mol. The van der Waals surface area contributed by atoms with Crippen LogP contribution in [0.3, 0.4) is 0 Å². The molecule has 4 saturated heterocycles. The zero-order valence-corrected chi connectivity index (χ0v) is 89.0. The van der Waals surface area contributed by atoms with Gasteiger partial charge in [-0.2, -0.15) is 0 Å². The normalized spacial score (nSPS) is 26.5. The largest absolute Gasteiger partial charge is 0.507 e. The van der Waals surface area contributed by atoms with Crippen LogP contribution in [0, 0.1) is 79.3 Å². The average molecular weight is 1980 g/mol. The number of cyclic esters (lactones) is 1. The zero-order chi connectivity index (χ0) is 103. The van der Waals surface area contributed by atoms with Crippen LogP contribution >= 0.6 is 0 Å². The van der Waals surface area contributed by atoms with Gasteiger partial charge in [0, 0.05) is 53.5 Å². The number of phenolic OH excluding ortho intramolecular Hbond substituents is 2. The summed E-state index contributed by atoms with van der Waals surface area (Å²) in [5.74, 6) is 4.67. The topological polar surface area (TPSA) is 333 Å². The minimum atomic E-state index is -0.687. The molecule has 10 aliphatic rings. The number of hydrogen-bond donors (Lipinski definition) is 2. The molecule has 6 aliphatic carbocycles. The van der Waals surface area contributed by atoms with Gasteiger partial charge < -0.3 is 81.3 Å². The van der Waals surface area contributed by atoms with Gasteiger partial charge in [0.05, 0.1) is 80.4 Å². The SMILES string of the molecule is C.C.C.CCC(C)(C)C(=O)OC1(CC)CC2CC1C1C3CCC(C3)C21.CCC(C)(C)C(=O)OC1C2CC3C(=O)OC1C3O2.CCC(C)(C)C(=O)OC1CCOC1=O.CCC(C)(C)C(=O)Oc1ccc(O)c2ccccc12.CCC(C)(C)C(=O)Oc1cccc2c(O)cccc12.CCC(C)(C)OC1CCC(OC(=O)C(C)(C)CC)CC1.CCOC(C)OC1CCC(OC(=O)C(C)(C)CC)CC1OC(C)OCC. The number of rotatable bonds is 33. The second-order valence-corrected chi connectivity index (χ2v) is 44.7. The van der Waals surface area contributed by atoms with E-state index in [4.69, 9.17) is 71.1 Å². The van der Waals surface area contributed by atoms with Gasteiger partial charge in [-0.25, -0.2) is 4.79 Å². The highest BCUT2D eigenvalue weighted by molar-refractivity contribution is 5.96. The lowest BCUT2D eigenvalue weighted by molar-refractivity contribution is -0.242. The zero-order valence-electron chi connectivity index (χ0n) is 89.0. The van der Waals surface area contributed by atoms with Crippen LogP contribution in [0.2, 0.25) is 0 Å². The van der Waals surface area contributed by atoms with Crippen molar-refractivity contribution < 1.29 is 124 Å². The Bertz CT molecular complexity index is 4620. The number of esters is 9. The van der Waals surface area contributed by atoms with Crippen molar-refractivity contribution in [1.82, 2.24) is 0 Å². The number of aromatic hydroxyl groups is 2. The number of carbonyl (C=O) groups is 9. The van der Waals surface area contributed by atoms with Crippen LogP contribution in [-0.2, 0) is 105 Å². The number of benzene rings is 4. The molecule has 26 nitrogen and oxygen atoms in total. The molecule has 4 aromatic rings. The van der Waals surface area contributed by atoms with E-state index >= 15 is 0 Å². The molecule has 0 radical (unpaired) electrons. The van der Waals surface area contributed by atoms with Gasteiger partial charge in [0.25, 0.3) is 0 Å². The Morgan fingerprint density at radius 1 is 0.411 bits per heavy atom. The Labute approximate surface area is 845 Å². The van der Waals surface area contributed by atoms with Gasteiger partial charge >= 0.3 is 53.7 Å². The van der Waals surface area contributed by atoms with Crippen LogP contribution in [0.4, 0.5) is 0 Å². The van der Waals surface area contributed by atoms with E-state index in [0.29, 0.717) is 99.1 Å². The monoisotopic (exact) mass is 1980 g/mol. The van der Waals surface area contributed by atoms with Gasteiger partial charge in [0.1, 0.15) is 46.9 Å². The molecule has 18 atom stereocenters. The van der Waals surface area contributed by atoms with Gasteiger partial charge in [-0.15, -0.1) is 0 Å². The molecule has 4 aromatic carbocycles. The number of ether oxygens (including phenoxy) is 15. The molecular weight excluding hydrogens is 1800 g/mol. The third kappa shape index (κ3) is 31.5. The molecule has 4 aliphatic heterocycles. The van der Waals surface area contributed by atoms with E-state index < -0.39 is 51.4 Å². The third-order valence-corrected chi connectivity index (χ3v) is 31.9. The fourth-order valence-corrected chi connectivity index (χ4v) is 19.3. The number of fused-ring (bicyclic) bond motifs is 12. The van der Waals surface area contributed by atoms with Gasteiger partial charge in [-0.3, -0.25) is 38.4 Å². The van der Waals surface area contributed by atoms with Crippen molar-refractivity contribution in [1.29, 1.82) is 0 Å². The summed E-state index contributed by atoms with van der Waals surface area (Å²) in [5, 5.41) is 22.4. The van der Waals surface area contributed by atoms with Gasteiger partial charge in [-0.1, -0.05) is 133 Å². The standard InChI is InChI=1S/C20H38O6.C20H32O2.C17H32O3.2C16H18O3.C13H18O5.C10H16O4.3CH4/c1-8-20(6,7)19(21)26-16-11-12-17(24-14(4)22-9-2)18(13-16)25-15(5)23-10-3;1-5-19(3,4)18(21)22-20(6-2)11-14-10-15(20)17-13-8-7-12(9-13)16(14)17;1-7-16(3,4)15(18)19-13-9-11-14(12-10-13)20-17(5,6)8-2;1-4-16(2,3)15(18)19-14-10-6-7-11-12(14)8-5-9-13(11)17;1-4-16(2,3)15(18)19-14-10-9-13(17)11-7-5-6-8-12(11)14;1-4-13(2,3)12(15)18-9-7-5-6-8(16-7)10(9)17-11(6)14;1-4-10(2,3)9(12)14-7-5-6-13-8(7)11;;;/h14-18H,8-13H2,1-7H3;12-17H,5-11H2,1-4H3;13-14H,7-12H2,1-6H3;2*5-10,17H,4H2,1-3H3;6-10H,4-5H2,1-3H3;7H,4-6H2,1-3H3;3*1H4. The maximum absolute atomic E-state index is 12.7. The maximum atomic E-state index is 12.7. The number of carbonyl (C=O) groups excluding carboxylic acids is 9. The highest BCUT2D eigenvalue weighted by Gasteiger charge is 2.69. The Morgan fingerprint density at radius 3 is 1.34 bits per heavy atom. The molecule has 2 N–H and O–H groups in total. The van der Waals surface area contributed by atoms with Gasteiger partial charge in [0.2, 0.25) is 6.10 Å². The maximum Gasteiger partial charge on any atom is 0.347 e. The minimum absolute atomic E-state index is 0. The summed E-state index contributed by atoms with van der Waals surface area (Å²) in [4.78, 5) is 108. The summed E-state index contributed by atoms with van der Waals surface area (Å²) < 4.78 is 84.2. The van der Waals surface area contributed by atoms with E-state index in [9.17, 15) is 53.4 Å². The van der Waals surface area contributed by atoms with Crippen LogP contribution in [-0.4, -0.2) is 169 Å². The summed E-state index contributed by atoms with van der Waals surface area (Å²) in [7, 11) is 0. The Hall–Kier alpha value is -8.01.